The number of ether oxygens (including phenoxy) is 1. The molecule has 0 saturated carbocycles. The Balaban J connectivity index is 2.08. The molecule has 0 bridgehead atoms. The van der Waals surface area contributed by atoms with Crippen LogP contribution in [0.4, 0.5) is 5.69 Å². The first kappa shape index (κ1) is 17.2. The Hall–Kier alpha value is -2.66. The summed E-state index contributed by atoms with van der Waals surface area (Å²) < 4.78 is 5.21. The van der Waals surface area contributed by atoms with Gasteiger partial charge in [0.05, 0.1) is 13.2 Å². The number of thiocarbonyl (C=S) groups is 1. The molecule has 0 aliphatic carbocycles. The second kappa shape index (κ2) is 7.07. The predicted octanol–water partition coefficient (Wildman–Crippen LogP) is 3.99. The van der Waals surface area contributed by atoms with E-state index in [0.717, 1.165) is 22.7 Å². The SMILES string of the molecule is COc1ccc(C2NC(=S)N(c3ccccc3)C(C)=C2C(C)=O)cc1. The molecule has 3 rings (SSSR count). The maximum atomic E-state index is 12.4. The van der Waals surface area contributed by atoms with Crippen LogP contribution in [0.25, 0.3) is 0 Å². The number of hydrogen-bond acceptors (Lipinski definition) is 3. The van der Waals surface area contributed by atoms with Gasteiger partial charge in [0.2, 0.25) is 0 Å². The Kier molecular flexibility index (Phi) is 4.86. The molecule has 5 heteroatoms. The number of allylic oxidation sites excluding steroid dienone is 1. The van der Waals surface area contributed by atoms with Crippen molar-refractivity contribution in [2.45, 2.75) is 19.9 Å². The van der Waals surface area contributed by atoms with Gasteiger partial charge in [0.15, 0.2) is 10.9 Å². The smallest absolute Gasteiger partial charge is 0.178 e. The van der Waals surface area contributed by atoms with Gasteiger partial charge in [-0.05, 0) is 55.9 Å². The van der Waals surface area contributed by atoms with Crippen molar-refractivity contribution < 1.29 is 9.53 Å². The zero-order valence-electron chi connectivity index (χ0n) is 14.4. The topological polar surface area (TPSA) is 41.6 Å². The largest absolute Gasteiger partial charge is 0.497 e. The van der Waals surface area contributed by atoms with E-state index < -0.39 is 0 Å². The molecule has 0 aromatic heterocycles. The van der Waals surface area contributed by atoms with E-state index >= 15 is 0 Å². The molecule has 1 aliphatic rings. The Morgan fingerprint density at radius 3 is 2.32 bits per heavy atom. The van der Waals surface area contributed by atoms with Gasteiger partial charge in [-0.1, -0.05) is 30.3 Å². The molecule has 0 amide bonds. The molecule has 4 nitrogen and oxygen atoms in total. The number of carbonyl (C=O) groups excluding carboxylic acids is 1. The molecule has 128 valence electrons. The standard InChI is InChI=1S/C20H20N2O2S/c1-13-18(14(2)23)19(15-9-11-17(24-3)12-10-15)21-20(25)22(13)16-7-5-4-6-8-16/h4-12,19H,1-3H3,(H,21,25). The molecule has 1 atom stereocenters. The van der Waals surface area contributed by atoms with Crippen LogP contribution in [0.3, 0.4) is 0 Å². The molecule has 2 aromatic rings. The lowest BCUT2D eigenvalue weighted by atomic mass is 9.92. The molecule has 0 radical (unpaired) electrons. The van der Waals surface area contributed by atoms with Crippen LogP contribution >= 0.6 is 12.2 Å². The van der Waals surface area contributed by atoms with E-state index in [4.69, 9.17) is 17.0 Å². The Bertz CT molecular complexity index is 829. The van der Waals surface area contributed by atoms with Crippen LogP contribution in [0.1, 0.15) is 25.5 Å². The van der Waals surface area contributed by atoms with Gasteiger partial charge < -0.3 is 10.1 Å². The molecule has 1 unspecified atom stereocenters. The summed E-state index contributed by atoms with van der Waals surface area (Å²) in [5.41, 5.74) is 3.47. The van der Waals surface area contributed by atoms with Gasteiger partial charge in [-0.3, -0.25) is 9.69 Å². The van der Waals surface area contributed by atoms with Gasteiger partial charge in [-0.25, -0.2) is 0 Å². The summed E-state index contributed by atoms with van der Waals surface area (Å²) >= 11 is 5.60. The van der Waals surface area contributed by atoms with Crippen LogP contribution in [0.5, 0.6) is 5.75 Å². The number of para-hydroxylation sites is 1. The van der Waals surface area contributed by atoms with Crippen molar-refractivity contribution in [1.29, 1.82) is 0 Å². The lowest BCUT2D eigenvalue weighted by Gasteiger charge is -2.37. The highest BCUT2D eigenvalue weighted by Crippen LogP contribution is 2.34. The number of Topliss-reactive ketones (excluding diaryl/α,β-unsaturated/α-hetero) is 1. The molecular weight excluding hydrogens is 332 g/mol. The summed E-state index contributed by atoms with van der Waals surface area (Å²) in [6.45, 7) is 3.53. The molecule has 2 aromatic carbocycles. The minimum absolute atomic E-state index is 0.0225. The number of benzene rings is 2. The van der Waals surface area contributed by atoms with Crippen molar-refractivity contribution in [1.82, 2.24) is 5.32 Å². The van der Waals surface area contributed by atoms with Crippen LogP contribution in [0.15, 0.2) is 65.9 Å². The Morgan fingerprint density at radius 1 is 1.12 bits per heavy atom. The summed E-state index contributed by atoms with van der Waals surface area (Å²) in [5.74, 6) is 0.798. The van der Waals surface area contributed by atoms with E-state index in [2.05, 4.69) is 5.32 Å². The summed E-state index contributed by atoms with van der Waals surface area (Å²) in [7, 11) is 1.63. The van der Waals surface area contributed by atoms with Gasteiger partial charge in [0, 0.05) is 17.0 Å². The molecule has 0 spiro atoms. The van der Waals surface area contributed by atoms with E-state index in [-0.39, 0.29) is 11.8 Å². The number of rotatable bonds is 4. The molecule has 1 aliphatic heterocycles. The van der Waals surface area contributed by atoms with Gasteiger partial charge in [-0.15, -0.1) is 0 Å². The average molecular weight is 352 g/mol. The Morgan fingerprint density at radius 2 is 1.76 bits per heavy atom. The normalized spacial score (nSPS) is 17.3. The first-order valence-corrected chi connectivity index (χ1v) is 8.45. The van der Waals surface area contributed by atoms with Crippen molar-refractivity contribution in [3.8, 4) is 5.75 Å². The lowest BCUT2D eigenvalue weighted by Crippen LogP contribution is -2.47. The molecular formula is C20H20N2O2S. The van der Waals surface area contributed by atoms with Gasteiger partial charge in [0.1, 0.15) is 5.75 Å². The number of nitrogens with one attached hydrogen (secondary N) is 1. The summed E-state index contributed by atoms with van der Waals surface area (Å²) in [4.78, 5) is 14.3. The third kappa shape index (κ3) is 3.28. The number of ketones is 1. The highest BCUT2D eigenvalue weighted by Gasteiger charge is 2.32. The van der Waals surface area contributed by atoms with Crippen molar-refractivity contribution >= 4 is 28.8 Å². The maximum Gasteiger partial charge on any atom is 0.178 e. The third-order valence-electron chi connectivity index (χ3n) is 4.33. The van der Waals surface area contributed by atoms with E-state index in [1.165, 1.54) is 0 Å². The van der Waals surface area contributed by atoms with Crippen LogP contribution in [-0.2, 0) is 4.79 Å². The molecule has 1 N–H and O–H groups in total. The molecule has 0 fully saturated rings. The summed E-state index contributed by atoms with van der Waals surface area (Å²) in [6, 6.07) is 17.2. The van der Waals surface area contributed by atoms with Crippen molar-refractivity contribution in [3.63, 3.8) is 0 Å². The number of anilines is 1. The van der Waals surface area contributed by atoms with Crippen LogP contribution in [0.2, 0.25) is 0 Å². The minimum atomic E-state index is -0.268. The maximum absolute atomic E-state index is 12.4. The fraction of sp³-hybridized carbons (Fsp3) is 0.200. The minimum Gasteiger partial charge on any atom is -0.497 e. The first-order valence-electron chi connectivity index (χ1n) is 8.04. The number of carbonyl (C=O) groups is 1. The van der Waals surface area contributed by atoms with Gasteiger partial charge >= 0.3 is 0 Å². The first-order chi connectivity index (χ1) is 12.0. The van der Waals surface area contributed by atoms with Crippen molar-refractivity contribution in [2.24, 2.45) is 0 Å². The van der Waals surface area contributed by atoms with Crippen LogP contribution < -0.4 is 15.0 Å². The summed E-state index contributed by atoms with van der Waals surface area (Å²) in [6.07, 6.45) is 0. The number of nitrogens with zero attached hydrogens (tertiary/aromatic N) is 1. The van der Waals surface area contributed by atoms with Gasteiger partial charge in [0.25, 0.3) is 0 Å². The zero-order valence-corrected chi connectivity index (χ0v) is 15.3. The fourth-order valence-electron chi connectivity index (χ4n) is 3.13. The molecule has 0 saturated heterocycles. The highest BCUT2D eigenvalue weighted by molar-refractivity contribution is 7.80. The van der Waals surface area contributed by atoms with E-state index in [9.17, 15) is 4.79 Å². The monoisotopic (exact) mass is 352 g/mol. The van der Waals surface area contributed by atoms with Crippen LogP contribution in [-0.4, -0.2) is 18.0 Å². The van der Waals surface area contributed by atoms with Crippen molar-refractivity contribution in [2.75, 3.05) is 12.0 Å². The average Bonchev–Trinajstić information content (AvgIpc) is 2.62. The second-order valence-corrected chi connectivity index (χ2v) is 6.27. The summed E-state index contributed by atoms with van der Waals surface area (Å²) in [5, 5.41) is 3.90. The predicted molar refractivity (Wildman–Crippen MR) is 104 cm³/mol. The highest BCUT2D eigenvalue weighted by atomic mass is 32.1. The number of methoxy groups -OCH3 is 1. The van der Waals surface area contributed by atoms with E-state index in [1.807, 2.05) is 66.4 Å². The quantitative estimate of drug-likeness (QED) is 0.843. The number of hydrogen-bond donors (Lipinski definition) is 1. The van der Waals surface area contributed by atoms with E-state index in [0.29, 0.717) is 10.7 Å². The third-order valence-corrected chi connectivity index (χ3v) is 4.63. The van der Waals surface area contributed by atoms with Crippen LogP contribution in [0, 0.1) is 0 Å². The second-order valence-electron chi connectivity index (χ2n) is 5.88. The van der Waals surface area contributed by atoms with E-state index in [1.54, 1.807) is 14.0 Å². The fourth-order valence-corrected chi connectivity index (χ4v) is 3.49. The Labute approximate surface area is 153 Å². The van der Waals surface area contributed by atoms with Gasteiger partial charge in [-0.2, -0.15) is 0 Å². The van der Waals surface area contributed by atoms with Crippen molar-refractivity contribution in [3.05, 3.63) is 71.4 Å². The lowest BCUT2D eigenvalue weighted by molar-refractivity contribution is -0.114. The molecule has 1 heterocycles. The molecule has 25 heavy (non-hydrogen) atoms. The zero-order chi connectivity index (χ0) is 18.0.